The van der Waals surface area contributed by atoms with Gasteiger partial charge in [-0.1, -0.05) is 46.5 Å². The second-order valence-electron chi connectivity index (χ2n) is 13.6. The molecule has 0 aromatic carbocycles. The van der Waals surface area contributed by atoms with Gasteiger partial charge in [-0.2, -0.15) is 0 Å². The molecule has 0 bridgehead atoms. The van der Waals surface area contributed by atoms with Crippen molar-refractivity contribution in [2.75, 3.05) is 11.9 Å². The van der Waals surface area contributed by atoms with E-state index in [4.69, 9.17) is 10.2 Å². The van der Waals surface area contributed by atoms with Gasteiger partial charge in [-0.05, 0) is 61.2 Å². The summed E-state index contributed by atoms with van der Waals surface area (Å²) in [6.45, 7) is 8.28. The van der Waals surface area contributed by atoms with E-state index in [2.05, 4.69) is 10.3 Å². The van der Waals surface area contributed by atoms with Crippen LogP contribution in [0.15, 0.2) is 10.6 Å². The van der Waals surface area contributed by atoms with E-state index < -0.39 is 35.1 Å². The number of amides is 2. The third kappa shape index (κ3) is 4.77. The molecule has 0 radical (unpaired) electrons. The zero-order chi connectivity index (χ0) is 27.5. The lowest BCUT2D eigenvalue weighted by atomic mass is 9.73. The quantitative estimate of drug-likeness (QED) is 0.443. The van der Waals surface area contributed by atoms with Crippen LogP contribution < -0.4 is 11.1 Å². The summed E-state index contributed by atoms with van der Waals surface area (Å²) in [7, 11) is 0. The number of anilines is 1. The summed E-state index contributed by atoms with van der Waals surface area (Å²) in [4.78, 5) is 58.6. The summed E-state index contributed by atoms with van der Waals surface area (Å²) in [5.41, 5.74) is 5.11. The molecule has 38 heavy (non-hydrogen) atoms. The van der Waals surface area contributed by atoms with Crippen molar-refractivity contribution in [2.45, 2.75) is 104 Å². The van der Waals surface area contributed by atoms with Crippen molar-refractivity contribution in [3.63, 3.8) is 0 Å². The van der Waals surface area contributed by atoms with Crippen LogP contribution in [0.25, 0.3) is 0 Å². The molecule has 4 aliphatic rings. The smallest absolute Gasteiger partial charge is 0.295 e. The van der Waals surface area contributed by atoms with Gasteiger partial charge in [0.25, 0.3) is 11.9 Å². The lowest BCUT2D eigenvalue weighted by molar-refractivity contribution is -0.142. The highest BCUT2D eigenvalue weighted by Crippen LogP contribution is 2.77. The van der Waals surface area contributed by atoms with Crippen molar-refractivity contribution >= 4 is 29.4 Å². The number of primary amides is 1. The number of nitrogens with zero attached hydrogens (tertiary/aromatic N) is 2. The number of aromatic nitrogens is 1. The third-order valence-electron chi connectivity index (χ3n) is 9.98. The molecule has 1 saturated heterocycles. The number of nitrogens with two attached hydrogens (primary N) is 1. The van der Waals surface area contributed by atoms with Crippen molar-refractivity contribution in [3.05, 3.63) is 12.0 Å². The Hall–Kier alpha value is -2.71. The summed E-state index contributed by atoms with van der Waals surface area (Å²) in [5, 5.41) is 3.19. The molecule has 5 rings (SSSR count). The van der Waals surface area contributed by atoms with Crippen LogP contribution in [-0.2, 0) is 19.2 Å². The third-order valence-corrected chi connectivity index (χ3v) is 9.98. The fourth-order valence-corrected chi connectivity index (χ4v) is 7.28. The molecule has 1 unspecified atom stereocenters. The minimum atomic E-state index is -0.980. The van der Waals surface area contributed by atoms with Gasteiger partial charge in [-0.25, -0.2) is 4.98 Å². The Kier molecular flexibility index (Phi) is 6.71. The monoisotopic (exact) mass is 526 g/mol. The highest BCUT2D eigenvalue weighted by atomic mass is 16.4. The van der Waals surface area contributed by atoms with Crippen LogP contribution in [-0.4, -0.2) is 51.9 Å². The van der Waals surface area contributed by atoms with Crippen LogP contribution in [0.3, 0.4) is 0 Å². The first kappa shape index (κ1) is 26.9. The molecule has 3 N–H and O–H groups in total. The average Bonchev–Trinajstić information content (AvgIpc) is 3.03. The summed E-state index contributed by atoms with van der Waals surface area (Å²) < 4.78 is 5.62. The molecule has 1 aromatic rings. The second-order valence-corrected chi connectivity index (χ2v) is 13.6. The van der Waals surface area contributed by atoms with Gasteiger partial charge in [-0.15, -0.1) is 0 Å². The van der Waals surface area contributed by atoms with E-state index in [0.29, 0.717) is 31.1 Å². The maximum Gasteiger partial charge on any atom is 0.295 e. The molecule has 4 atom stereocenters. The average molecular weight is 527 g/mol. The van der Waals surface area contributed by atoms with E-state index in [0.717, 1.165) is 38.5 Å². The number of ketones is 2. The van der Waals surface area contributed by atoms with Gasteiger partial charge in [0.15, 0.2) is 5.78 Å². The highest BCUT2D eigenvalue weighted by Gasteiger charge is 2.73. The first-order valence-corrected chi connectivity index (χ1v) is 14.2. The van der Waals surface area contributed by atoms with Gasteiger partial charge >= 0.3 is 0 Å². The van der Waals surface area contributed by atoms with Crippen molar-refractivity contribution in [2.24, 2.45) is 33.8 Å². The molecule has 4 fully saturated rings. The molecular weight excluding hydrogens is 484 g/mol. The van der Waals surface area contributed by atoms with Gasteiger partial charge in [0.2, 0.25) is 11.7 Å². The topological polar surface area (TPSA) is 136 Å². The minimum absolute atomic E-state index is 0.0274. The molecule has 2 heterocycles. The van der Waals surface area contributed by atoms with Gasteiger partial charge in [0.1, 0.15) is 11.8 Å². The molecule has 2 amide bonds. The van der Waals surface area contributed by atoms with E-state index >= 15 is 0 Å². The number of hydrogen-bond donors (Lipinski definition) is 2. The Balaban J connectivity index is 1.39. The van der Waals surface area contributed by atoms with Gasteiger partial charge in [0.05, 0.1) is 12.2 Å². The molecule has 9 nitrogen and oxygen atoms in total. The van der Waals surface area contributed by atoms with Crippen LogP contribution in [0.4, 0.5) is 6.01 Å². The van der Waals surface area contributed by atoms with Crippen molar-refractivity contribution in [1.29, 1.82) is 0 Å². The van der Waals surface area contributed by atoms with Gasteiger partial charge in [0, 0.05) is 18.9 Å². The second kappa shape index (κ2) is 9.49. The standard InChI is InChI=1S/C29H42N4O5/c1-17-14-31-26(38-17)32-23(27(2,3)4)25(37)33-16-29(15-28(29)9-6-10-28)13-20(33)21(34)12-19(22(35)24(30)36)11-18-7-5-8-18/h14,18-20,23H,5-13,15-16H2,1-4H3,(H2,30,36)(H,31,32)/t19?,20-,23+,29-/m0/s1. The number of oxazole rings is 1. The highest BCUT2D eigenvalue weighted by molar-refractivity contribution is 6.36. The van der Waals surface area contributed by atoms with E-state index in [9.17, 15) is 19.2 Å². The fraction of sp³-hybridized carbons (Fsp3) is 0.759. The predicted octanol–water partition coefficient (Wildman–Crippen LogP) is 3.79. The molecule has 2 spiro atoms. The zero-order valence-electron chi connectivity index (χ0n) is 23.2. The Morgan fingerprint density at radius 2 is 1.89 bits per heavy atom. The van der Waals surface area contributed by atoms with Crippen LogP contribution >= 0.6 is 0 Å². The summed E-state index contributed by atoms with van der Waals surface area (Å²) in [6, 6.07) is -0.979. The number of carbonyl (C=O) groups excluding carboxylic acids is 4. The minimum Gasteiger partial charge on any atom is -0.429 e. The molecule has 3 saturated carbocycles. The van der Waals surface area contributed by atoms with E-state index in [-0.39, 0.29) is 35.0 Å². The van der Waals surface area contributed by atoms with Crippen LogP contribution in [0.2, 0.25) is 0 Å². The number of carbonyl (C=O) groups is 4. The summed E-state index contributed by atoms with van der Waals surface area (Å²) in [5.74, 6) is -1.64. The Bertz CT molecular complexity index is 1130. The summed E-state index contributed by atoms with van der Waals surface area (Å²) >= 11 is 0. The van der Waals surface area contributed by atoms with Gasteiger partial charge < -0.3 is 20.4 Å². The number of aryl methyl sites for hydroxylation is 1. The Labute approximate surface area is 224 Å². The largest absolute Gasteiger partial charge is 0.429 e. The molecule has 9 heteroatoms. The van der Waals surface area contributed by atoms with Crippen LogP contribution in [0, 0.1) is 35.0 Å². The number of rotatable bonds is 10. The number of likely N-dealkylation sites (tertiary alicyclic amines) is 1. The Morgan fingerprint density at radius 1 is 1.18 bits per heavy atom. The first-order valence-electron chi connectivity index (χ1n) is 14.2. The predicted molar refractivity (Wildman–Crippen MR) is 141 cm³/mol. The van der Waals surface area contributed by atoms with Crippen LogP contribution in [0.5, 0.6) is 0 Å². The Morgan fingerprint density at radius 3 is 2.37 bits per heavy atom. The number of hydrogen-bond acceptors (Lipinski definition) is 7. The maximum atomic E-state index is 14.2. The number of fused-ring (bicyclic) bond motifs is 1. The van der Waals surface area contributed by atoms with E-state index in [1.165, 1.54) is 6.42 Å². The fourth-order valence-electron chi connectivity index (χ4n) is 7.28. The van der Waals surface area contributed by atoms with Gasteiger partial charge in [-0.3, -0.25) is 19.2 Å². The molecule has 1 aromatic heterocycles. The lowest BCUT2D eigenvalue weighted by Crippen LogP contribution is -2.53. The lowest BCUT2D eigenvalue weighted by Gasteiger charge is -2.36. The molecule has 1 aliphatic heterocycles. The molecular formula is C29H42N4O5. The maximum absolute atomic E-state index is 14.2. The molecule has 208 valence electrons. The number of nitrogens with one attached hydrogen (secondary N) is 1. The van der Waals surface area contributed by atoms with E-state index in [1.807, 2.05) is 20.8 Å². The SMILES string of the molecule is Cc1cnc(N[C@H](C(=O)N2C[C@]3(C[C@H]2C(=O)CC(CC2CCC2)C(=O)C(N)=O)CC32CCC2)C(C)(C)C)o1. The number of Topliss-reactive ketones (excluding diaryl/α,β-unsaturated/α-hetero) is 2. The van der Waals surface area contributed by atoms with E-state index in [1.54, 1.807) is 18.0 Å². The van der Waals surface area contributed by atoms with Crippen molar-refractivity contribution < 1.29 is 23.6 Å². The summed E-state index contributed by atoms with van der Waals surface area (Å²) in [6.07, 6.45) is 10.4. The van der Waals surface area contributed by atoms with Crippen LogP contribution in [0.1, 0.15) is 90.7 Å². The normalized spacial score (nSPS) is 27.5. The first-order chi connectivity index (χ1) is 17.8. The van der Waals surface area contributed by atoms with Crippen molar-refractivity contribution in [3.8, 4) is 0 Å². The zero-order valence-corrected chi connectivity index (χ0v) is 23.2. The van der Waals surface area contributed by atoms with Crippen molar-refractivity contribution in [1.82, 2.24) is 9.88 Å². The molecule has 3 aliphatic carbocycles.